The summed E-state index contributed by atoms with van der Waals surface area (Å²) in [6, 6.07) is 15.0. The summed E-state index contributed by atoms with van der Waals surface area (Å²) in [4.78, 5) is 0. The van der Waals surface area contributed by atoms with Crippen LogP contribution in [0.5, 0.6) is 0 Å². The molecule has 2 aromatic carbocycles. The van der Waals surface area contributed by atoms with E-state index in [0.29, 0.717) is 12.1 Å². The second kappa shape index (κ2) is 6.83. The second-order valence-electron chi connectivity index (χ2n) is 4.74. The van der Waals surface area contributed by atoms with Crippen LogP contribution >= 0.6 is 0 Å². The maximum Gasteiger partial charge on any atom is 0.145 e. The molecule has 102 valence electrons. The fourth-order valence-corrected chi connectivity index (χ4v) is 2.14. The summed E-state index contributed by atoms with van der Waals surface area (Å²) in [5.41, 5.74) is 3.20. The minimum Gasteiger partial charge on any atom is -0.312 e. The Morgan fingerprint density at radius 1 is 1.10 bits per heavy atom. The lowest BCUT2D eigenvalue weighted by Gasteiger charge is -2.08. The van der Waals surface area contributed by atoms with Crippen molar-refractivity contribution < 1.29 is 4.39 Å². The Morgan fingerprint density at radius 2 is 1.85 bits per heavy atom. The SMILES string of the molecule is Cc1ccccc1CCNCc1cccc(C#N)c1F. The van der Waals surface area contributed by atoms with Crippen molar-refractivity contribution in [2.24, 2.45) is 0 Å². The molecule has 2 aromatic rings. The van der Waals surface area contributed by atoms with E-state index >= 15 is 0 Å². The molecule has 2 rings (SSSR count). The summed E-state index contributed by atoms with van der Waals surface area (Å²) in [6.45, 7) is 3.31. The number of halogens is 1. The van der Waals surface area contributed by atoms with Gasteiger partial charge in [0.25, 0.3) is 0 Å². The van der Waals surface area contributed by atoms with Crippen LogP contribution in [0.3, 0.4) is 0 Å². The fraction of sp³-hybridized carbons (Fsp3) is 0.235. The van der Waals surface area contributed by atoms with Crippen LogP contribution in [-0.2, 0) is 13.0 Å². The van der Waals surface area contributed by atoms with Gasteiger partial charge in [0.1, 0.15) is 11.9 Å². The predicted octanol–water partition coefficient (Wildman–Crippen LogP) is 3.34. The Morgan fingerprint density at radius 3 is 2.60 bits per heavy atom. The molecule has 0 radical (unpaired) electrons. The topological polar surface area (TPSA) is 35.8 Å². The first-order valence-corrected chi connectivity index (χ1v) is 6.65. The zero-order valence-corrected chi connectivity index (χ0v) is 11.5. The van der Waals surface area contributed by atoms with Gasteiger partial charge in [0.15, 0.2) is 0 Å². The minimum atomic E-state index is -0.418. The largest absolute Gasteiger partial charge is 0.312 e. The van der Waals surface area contributed by atoms with E-state index in [9.17, 15) is 4.39 Å². The zero-order valence-electron chi connectivity index (χ0n) is 11.5. The lowest BCUT2D eigenvalue weighted by Crippen LogP contribution is -2.18. The smallest absolute Gasteiger partial charge is 0.145 e. The normalized spacial score (nSPS) is 10.2. The summed E-state index contributed by atoms with van der Waals surface area (Å²) in [5, 5.41) is 12.0. The molecule has 0 saturated heterocycles. The Bertz CT molecular complexity index is 629. The molecule has 0 unspecified atom stereocenters. The number of nitriles is 1. The number of nitrogens with zero attached hydrogens (tertiary/aromatic N) is 1. The van der Waals surface area contributed by atoms with E-state index in [2.05, 4.69) is 24.4 Å². The van der Waals surface area contributed by atoms with Crippen LogP contribution in [-0.4, -0.2) is 6.54 Å². The van der Waals surface area contributed by atoms with Crippen molar-refractivity contribution in [3.63, 3.8) is 0 Å². The molecule has 2 nitrogen and oxygen atoms in total. The fourth-order valence-electron chi connectivity index (χ4n) is 2.14. The van der Waals surface area contributed by atoms with Crippen molar-refractivity contribution in [3.05, 3.63) is 70.5 Å². The van der Waals surface area contributed by atoms with Gasteiger partial charge >= 0.3 is 0 Å². The van der Waals surface area contributed by atoms with Crippen LogP contribution in [0.15, 0.2) is 42.5 Å². The lowest BCUT2D eigenvalue weighted by molar-refractivity contribution is 0.585. The number of hydrogen-bond acceptors (Lipinski definition) is 2. The maximum atomic E-state index is 13.8. The molecule has 0 aromatic heterocycles. The Kier molecular flexibility index (Phi) is 4.86. The number of benzene rings is 2. The zero-order chi connectivity index (χ0) is 14.4. The van der Waals surface area contributed by atoms with E-state index in [1.807, 2.05) is 18.2 Å². The van der Waals surface area contributed by atoms with E-state index in [1.165, 1.54) is 17.2 Å². The number of nitrogens with one attached hydrogen (secondary N) is 1. The Hall–Kier alpha value is -2.18. The van der Waals surface area contributed by atoms with Crippen LogP contribution in [0.25, 0.3) is 0 Å². The van der Waals surface area contributed by atoms with Crippen molar-refractivity contribution in [1.82, 2.24) is 5.32 Å². The quantitative estimate of drug-likeness (QED) is 0.844. The Balaban J connectivity index is 1.88. The van der Waals surface area contributed by atoms with Crippen LogP contribution < -0.4 is 5.32 Å². The van der Waals surface area contributed by atoms with Gasteiger partial charge in [-0.25, -0.2) is 4.39 Å². The molecule has 3 heteroatoms. The van der Waals surface area contributed by atoms with Gasteiger partial charge in [-0.2, -0.15) is 5.26 Å². The van der Waals surface area contributed by atoms with Gasteiger partial charge in [0.05, 0.1) is 5.56 Å². The molecule has 0 heterocycles. The van der Waals surface area contributed by atoms with Gasteiger partial charge < -0.3 is 5.32 Å². The number of hydrogen-bond donors (Lipinski definition) is 1. The van der Waals surface area contributed by atoms with Gasteiger partial charge in [-0.15, -0.1) is 0 Å². The van der Waals surface area contributed by atoms with Crippen molar-refractivity contribution in [3.8, 4) is 6.07 Å². The van der Waals surface area contributed by atoms with Crippen molar-refractivity contribution in [1.29, 1.82) is 5.26 Å². The lowest BCUT2D eigenvalue weighted by atomic mass is 10.1. The predicted molar refractivity (Wildman–Crippen MR) is 77.7 cm³/mol. The van der Waals surface area contributed by atoms with E-state index < -0.39 is 5.82 Å². The molecular weight excluding hydrogens is 251 g/mol. The van der Waals surface area contributed by atoms with Crippen molar-refractivity contribution >= 4 is 0 Å². The molecule has 0 fully saturated rings. The third-order valence-electron chi connectivity index (χ3n) is 3.35. The Labute approximate surface area is 118 Å². The average molecular weight is 268 g/mol. The van der Waals surface area contributed by atoms with Gasteiger partial charge in [-0.3, -0.25) is 0 Å². The van der Waals surface area contributed by atoms with Gasteiger partial charge in [-0.1, -0.05) is 36.4 Å². The van der Waals surface area contributed by atoms with E-state index in [0.717, 1.165) is 13.0 Å². The third kappa shape index (κ3) is 3.43. The molecule has 0 bridgehead atoms. The maximum absolute atomic E-state index is 13.8. The minimum absolute atomic E-state index is 0.100. The van der Waals surface area contributed by atoms with Crippen LogP contribution in [0.2, 0.25) is 0 Å². The van der Waals surface area contributed by atoms with E-state index in [-0.39, 0.29) is 5.56 Å². The molecule has 20 heavy (non-hydrogen) atoms. The molecule has 0 spiro atoms. The summed E-state index contributed by atoms with van der Waals surface area (Å²) >= 11 is 0. The van der Waals surface area contributed by atoms with Crippen molar-refractivity contribution in [2.45, 2.75) is 19.9 Å². The summed E-state index contributed by atoms with van der Waals surface area (Å²) in [5.74, 6) is -0.418. The highest BCUT2D eigenvalue weighted by Crippen LogP contribution is 2.12. The van der Waals surface area contributed by atoms with Crippen LogP contribution in [0.1, 0.15) is 22.3 Å². The standard InChI is InChI=1S/C17H17FN2/c1-13-5-2-3-6-14(13)9-10-20-12-16-8-4-7-15(11-19)17(16)18/h2-8,20H,9-10,12H2,1H3. The molecule has 0 aliphatic heterocycles. The summed E-state index contributed by atoms with van der Waals surface area (Å²) < 4.78 is 13.8. The first-order chi connectivity index (χ1) is 9.72. The van der Waals surface area contributed by atoms with E-state index in [1.54, 1.807) is 12.1 Å². The number of rotatable bonds is 5. The third-order valence-corrected chi connectivity index (χ3v) is 3.35. The van der Waals surface area contributed by atoms with Gasteiger partial charge in [0, 0.05) is 12.1 Å². The molecule has 0 aliphatic rings. The second-order valence-corrected chi connectivity index (χ2v) is 4.74. The molecule has 0 aliphatic carbocycles. The highest BCUT2D eigenvalue weighted by atomic mass is 19.1. The summed E-state index contributed by atoms with van der Waals surface area (Å²) in [6.07, 6.45) is 0.909. The van der Waals surface area contributed by atoms with Crippen LogP contribution in [0, 0.1) is 24.1 Å². The van der Waals surface area contributed by atoms with Gasteiger partial charge in [0.2, 0.25) is 0 Å². The monoisotopic (exact) mass is 268 g/mol. The molecule has 1 N–H and O–H groups in total. The summed E-state index contributed by atoms with van der Waals surface area (Å²) in [7, 11) is 0. The van der Waals surface area contributed by atoms with E-state index in [4.69, 9.17) is 5.26 Å². The molecule has 0 amide bonds. The molecular formula is C17H17FN2. The van der Waals surface area contributed by atoms with Crippen LogP contribution in [0.4, 0.5) is 4.39 Å². The number of aryl methyl sites for hydroxylation is 1. The highest BCUT2D eigenvalue weighted by Gasteiger charge is 2.06. The molecule has 0 atom stereocenters. The van der Waals surface area contributed by atoms with Crippen molar-refractivity contribution in [2.75, 3.05) is 6.54 Å². The first-order valence-electron chi connectivity index (χ1n) is 6.65. The van der Waals surface area contributed by atoms with Gasteiger partial charge in [-0.05, 0) is 37.1 Å². The molecule has 0 saturated carbocycles. The highest BCUT2D eigenvalue weighted by molar-refractivity contribution is 5.34. The average Bonchev–Trinajstić information content (AvgIpc) is 2.47. The first kappa shape index (κ1) is 14.2.